The largest absolute Gasteiger partial charge is 0.491 e. The van der Waals surface area contributed by atoms with Crippen LogP contribution in [-0.4, -0.2) is 11.6 Å². The number of alkyl halides is 3. The molecule has 0 aliphatic rings. The number of pyridine rings is 1. The zero-order valence-electron chi connectivity index (χ0n) is 8.56. The highest BCUT2D eigenvalue weighted by atomic mass is 19.4. The first-order valence-corrected chi connectivity index (χ1v) is 4.61. The van der Waals surface area contributed by atoms with Crippen molar-refractivity contribution in [1.29, 1.82) is 0 Å². The summed E-state index contributed by atoms with van der Waals surface area (Å²) in [4.78, 5) is 3.69. The highest BCUT2D eigenvalue weighted by Crippen LogP contribution is 2.37. The summed E-state index contributed by atoms with van der Waals surface area (Å²) >= 11 is 0. The second kappa shape index (κ2) is 4.51. The smallest absolute Gasteiger partial charge is 0.420 e. The van der Waals surface area contributed by atoms with Crippen LogP contribution in [0.5, 0.6) is 5.75 Å². The molecule has 1 rings (SSSR count). The molecule has 0 radical (unpaired) electrons. The molecule has 1 aromatic rings. The van der Waals surface area contributed by atoms with Gasteiger partial charge in [0.1, 0.15) is 11.3 Å². The van der Waals surface area contributed by atoms with Crippen molar-refractivity contribution in [3.63, 3.8) is 0 Å². The van der Waals surface area contributed by atoms with E-state index in [1.165, 1.54) is 13.1 Å². The fraction of sp³-hybridized carbons (Fsp3) is 0.500. The van der Waals surface area contributed by atoms with E-state index in [0.717, 1.165) is 6.20 Å². The second-order valence-electron chi connectivity index (χ2n) is 3.18. The van der Waals surface area contributed by atoms with Crippen LogP contribution >= 0.6 is 0 Å². The van der Waals surface area contributed by atoms with E-state index in [1.54, 1.807) is 0 Å². The Morgan fingerprint density at radius 3 is 2.53 bits per heavy atom. The predicted octanol–water partition coefficient (Wildman–Crippen LogP) is 3.20. The van der Waals surface area contributed by atoms with Crippen molar-refractivity contribution in [3.05, 3.63) is 23.5 Å². The van der Waals surface area contributed by atoms with Gasteiger partial charge in [-0.3, -0.25) is 4.98 Å². The van der Waals surface area contributed by atoms with Crippen molar-refractivity contribution < 1.29 is 17.9 Å². The summed E-state index contributed by atoms with van der Waals surface area (Å²) in [6, 6.07) is 0. The maximum absolute atomic E-state index is 12.6. The van der Waals surface area contributed by atoms with Crippen LogP contribution in [0, 0.1) is 6.92 Å². The third-order valence-corrected chi connectivity index (χ3v) is 1.85. The summed E-state index contributed by atoms with van der Waals surface area (Å²) in [5.74, 6) is -0.190. The van der Waals surface area contributed by atoms with Gasteiger partial charge in [0.25, 0.3) is 0 Å². The minimum atomic E-state index is -4.39. The Labute approximate surface area is 86.1 Å². The SMILES string of the molecule is CCCOc1cncc(C)c1C(F)(F)F. The topological polar surface area (TPSA) is 22.1 Å². The molecule has 0 N–H and O–H groups in total. The second-order valence-corrected chi connectivity index (χ2v) is 3.18. The summed E-state index contributed by atoms with van der Waals surface area (Å²) in [7, 11) is 0. The Morgan fingerprint density at radius 1 is 1.33 bits per heavy atom. The van der Waals surface area contributed by atoms with Gasteiger partial charge in [0, 0.05) is 6.20 Å². The van der Waals surface area contributed by atoms with Gasteiger partial charge in [0.2, 0.25) is 0 Å². The lowest BCUT2D eigenvalue weighted by atomic mass is 10.1. The van der Waals surface area contributed by atoms with Gasteiger partial charge in [-0.1, -0.05) is 6.92 Å². The van der Waals surface area contributed by atoms with Crippen LogP contribution in [0.15, 0.2) is 12.4 Å². The molecule has 2 nitrogen and oxygen atoms in total. The van der Waals surface area contributed by atoms with Crippen LogP contribution in [-0.2, 0) is 6.18 Å². The van der Waals surface area contributed by atoms with Gasteiger partial charge in [-0.05, 0) is 18.9 Å². The van der Waals surface area contributed by atoms with E-state index in [-0.39, 0.29) is 17.9 Å². The first-order chi connectivity index (χ1) is 6.96. The molecule has 0 aliphatic heterocycles. The zero-order chi connectivity index (χ0) is 11.5. The summed E-state index contributed by atoms with van der Waals surface area (Å²) in [5, 5.41) is 0. The summed E-state index contributed by atoms with van der Waals surface area (Å²) in [5.41, 5.74) is -0.651. The van der Waals surface area contributed by atoms with Crippen molar-refractivity contribution in [1.82, 2.24) is 4.98 Å². The van der Waals surface area contributed by atoms with Gasteiger partial charge in [-0.2, -0.15) is 13.2 Å². The summed E-state index contributed by atoms with van der Waals surface area (Å²) in [6.07, 6.45) is -1.45. The Morgan fingerprint density at radius 2 is 2.00 bits per heavy atom. The molecule has 0 amide bonds. The number of aryl methyl sites for hydroxylation is 1. The number of rotatable bonds is 3. The zero-order valence-corrected chi connectivity index (χ0v) is 8.56. The Kier molecular flexibility index (Phi) is 3.55. The first kappa shape index (κ1) is 11.8. The molecule has 0 saturated carbocycles. The third kappa shape index (κ3) is 2.84. The maximum atomic E-state index is 12.6. The molecule has 84 valence electrons. The Bertz CT molecular complexity index is 336. The molecule has 0 aliphatic carbocycles. The number of hydrogen-bond acceptors (Lipinski definition) is 2. The normalized spacial score (nSPS) is 11.5. The summed E-state index contributed by atoms with van der Waals surface area (Å²) in [6.45, 7) is 3.46. The molecular formula is C10H12F3NO. The molecule has 0 unspecified atom stereocenters. The minimum absolute atomic E-state index is 0.0797. The van der Waals surface area contributed by atoms with Crippen molar-refractivity contribution in [2.75, 3.05) is 6.61 Å². The number of halogens is 3. The minimum Gasteiger partial charge on any atom is -0.491 e. The Hall–Kier alpha value is -1.26. The van der Waals surface area contributed by atoms with Gasteiger partial charge in [0.15, 0.2) is 0 Å². The fourth-order valence-electron chi connectivity index (χ4n) is 1.22. The standard InChI is InChI=1S/C10H12F3NO/c1-3-4-15-8-6-14-5-7(2)9(8)10(11,12)13/h5-6H,3-4H2,1-2H3. The molecule has 0 spiro atoms. The van der Waals surface area contributed by atoms with Gasteiger partial charge in [0.05, 0.1) is 12.8 Å². The third-order valence-electron chi connectivity index (χ3n) is 1.85. The van der Waals surface area contributed by atoms with Gasteiger partial charge < -0.3 is 4.74 Å². The molecule has 0 bridgehead atoms. The van der Waals surface area contributed by atoms with Crippen LogP contribution in [0.25, 0.3) is 0 Å². The quantitative estimate of drug-likeness (QED) is 0.778. The van der Waals surface area contributed by atoms with Crippen LogP contribution < -0.4 is 4.74 Å². The van der Waals surface area contributed by atoms with Crippen molar-refractivity contribution in [2.24, 2.45) is 0 Å². The van der Waals surface area contributed by atoms with Crippen LogP contribution in [0.2, 0.25) is 0 Å². The first-order valence-electron chi connectivity index (χ1n) is 4.61. The molecule has 15 heavy (non-hydrogen) atoms. The fourth-order valence-corrected chi connectivity index (χ4v) is 1.22. The van der Waals surface area contributed by atoms with E-state index in [4.69, 9.17) is 4.74 Å². The molecule has 0 atom stereocenters. The van der Waals surface area contributed by atoms with Gasteiger partial charge >= 0.3 is 6.18 Å². The van der Waals surface area contributed by atoms with Crippen LogP contribution in [0.3, 0.4) is 0 Å². The van der Waals surface area contributed by atoms with E-state index >= 15 is 0 Å². The number of aromatic nitrogens is 1. The molecule has 1 heterocycles. The predicted molar refractivity (Wildman–Crippen MR) is 49.8 cm³/mol. The molecule has 0 aromatic carbocycles. The van der Waals surface area contributed by atoms with E-state index in [0.29, 0.717) is 6.42 Å². The lowest BCUT2D eigenvalue weighted by molar-refractivity contribution is -0.139. The lowest BCUT2D eigenvalue weighted by Crippen LogP contribution is -2.11. The van der Waals surface area contributed by atoms with Gasteiger partial charge in [-0.25, -0.2) is 0 Å². The molecule has 0 saturated heterocycles. The van der Waals surface area contributed by atoms with Crippen molar-refractivity contribution in [2.45, 2.75) is 26.4 Å². The number of hydrogen-bond donors (Lipinski definition) is 0. The van der Waals surface area contributed by atoms with E-state index in [9.17, 15) is 13.2 Å². The molecule has 0 fully saturated rings. The van der Waals surface area contributed by atoms with Crippen molar-refractivity contribution >= 4 is 0 Å². The molecule has 5 heteroatoms. The average molecular weight is 219 g/mol. The number of nitrogens with zero attached hydrogens (tertiary/aromatic N) is 1. The monoisotopic (exact) mass is 219 g/mol. The van der Waals surface area contributed by atoms with E-state index in [2.05, 4.69) is 4.98 Å². The molecular weight excluding hydrogens is 207 g/mol. The van der Waals surface area contributed by atoms with Crippen LogP contribution in [0.1, 0.15) is 24.5 Å². The summed E-state index contributed by atoms with van der Waals surface area (Å²) < 4.78 is 42.9. The maximum Gasteiger partial charge on any atom is 0.420 e. The van der Waals surface area contributed by atoms with E-state index < -0.39 is 11.7 Å². The van der Waals surface area contributed by atoms with Crippen molar-refractivity contribution in [3.8, 4) is 5.75 Å². The number of ether oxygens (including phenoxy) is 1. The highest BCUT2D eigenvalue weighted by molar-refractivity contribution is 5.38. The van der Waals surface area contributed by atoms with Gasteiger partial charge in [-0.15, -0.1) is 0 Å². The van der Waals surface area contributed by atoms with E-state index in [1.807, 2.05) is 6.92 Å². The van der Waals surface area contributed by atoms with Crippen LogP contribution in [0.4, 0.5) is 13.2 Å². The molecule has 1 aromatic heterocycles. The average Bonchev–Trinajstić information content (AvgIpc) is 2.12. The lowest BCUT2D eigenvalue weighted by Gasteiger charge is -2.14. The highest BCUT2D eigenvalue weighted by Gasteiger charge is 2.36. The Balaban J connectivity index is 3.09.